The minimum absolute atomic E-state index is 0.0213. The van der Waals surface area contributed by atoms with Crippen molar-refractivity contribution in [3.8, 4) is 0 Å². The molecule has 0 aliphatic heterocycles. The summed E-state index contributed by atoms with van der Waals surface area (Å²) in [5.74, 6) is -0.946. The molecule has 3 rings (SSSR count). The Hall–Kier alpha value is -2.86. The van der Waals surface area contributed by atoms with Crippen molar-refractivity contribution in [1.29, 1.82) is 0 Å². The van der Waals surface area contributed by atoms with E-state index in [9.17, 15) is 9.59 Å². The van der Waals surface area contributed by atoms with Gasteiger partial charge in [-0.05, 0) is 35.9 Å². The van der Waals surface area contributed by atoms with Crippen LogP contribution in [0.4, 0.5) is 0 Å². The number of aliphatic imine (C=N–C) groups is 1. The number of hydrogen-bond acceptors (Lipinski definition) is 4. The van der Waals surface area contributed by atoms with Crippen molar-refractivity contribution in [3.05, 3.63) is 58.4 Å². The quantitative estimate of drug-likeness (QED) is 0.860. The first-order valence-corrected chi connectivity index (χ1v) is 6.71. The highest BCUT2D eigenvalue weighted by Gasteiger charge is 2.23. The third-order valence-corrected chi connectivity index (χ3v) is 3.15. The molecule has 1 aromatic heterocycles. The largest absolute Gasteiger partial charge is 0.287 e. The van der Waals surface area contributed by atoms with Gasteiger partial charge in [0.2, 0.25) is 5.78 Å². The molecule has 0 unspecified atom stereocenters. The van der Waals surface area contributed by atoms with Crippen molar-refractivity contribution in [2.75, 3.05) is 0 Å². The van der Waals surface area contributed by atoms with Crippen LogP contribution in [0.15, 0.2) is 41.4 Å². The molecule has 0 bridgehead atoms. The summed E-state index contributed by atoms with van der Waals surface area (Å²) in [6, 6.07) is 7.02. The standard InChI is InChI=1S/C15H9ClN4O2/c16-10-3-1-2-9(8-10)4-7-13(22)17-15-12(21)6-5-11-14(15)19-20-18-11/h1-8H,(H,18,19,20). The second kappa shape index (κ2) is 5.87. The van der Waals surface area contributed by atoms with Crippen LogP contribution in [-0.4, -0.2) is 32.8 Å². The highest BCUT2D eigenvalue weighted by atomic mass is 35.5. The van der Waals surface area contributed by atoms with Crippen molar-refractivity contribution in [2.45, 2.75) is 0 Å². The molecule has 0 fully saturated rings. The minimum Gasteiger partial charge on any atom is -0.287 e. The Kier molecular flexibility index (Phi) is 3.76. The minimum atomic E-state index is -0.562. The Morgan fingerprint density at radius 2 is 2.14 bits per heavy atom. The van der Waals surface area contributed by atoms with Gasteiger partial charge in [-0.3, -0.25) is 9.59 Å². The molecule has 1 heterocycles. The average Bonchev–Trinajstić information content (AvgIpc) is 2.97. The van der Waals surface area contributed by atoms with Crippen LogP contribution in [0.3, 0.4) is 0 Å². The lowest BCUT2D eigenvalue weighted by atomic mass is 10.0. The zero-order valence-electron chi connectivity index (χ0n) is 11.2. The van der Waals surface area contributed by atoms with E-state index in [1.165, 1.54) is 18.2 Å². The summed E-state index contributed by atoms with van der Waals surface area (Å²) < 4.78 is 0. The fourth-order valence-electron chi connectivity index (χ4n) is 1.91. The monoisotopic (exact) mass is 312 g/mol. The summed E-state index contributed by atoms with van der Waals surface area (Å²) in [7, 11) is 0. The summed E-state index contributed by atoms with van der Waals surface area (Å²) >= 11 is 5.86. The molecule has 1 aliphatic carbocycles. The lowest BCUT2D eigenvalue weighted by Crippen LogP contribution is -2.19. The molecule has 0 radical (unpaired) electrons. The van der Waals surface area contributed by atoms with Gasteiger partial charge in [-0.15, -0.1) is 0 Å². The first-order chi connectivity index (χ1) is 10.6. The summed E-state index contributed by atoms with van der Waals surface area (Å²) in [5.41, 5.74) is 1.49. The maximum absolute atomic E-state index is 11.9. The lowest BCUT2D eigenvalue weighted by molar-refractivity contribution is -0.114. The molecule has 6 nitrogen and oxygen atoms in total. The molecular weight excluding hydrogens is 304 g/mol. The highest BCUT2D eigenvalue weighted by molar-refractivity contribution is 6.52. The topological polar surface area (TPSA) is 88.1 Å². The Labute approximate surface area is 130 Å². The van der Waals surface area contributed by atoms with Crippen molar-refractivity contribution < 1.29 is 9.59 Å². The molecule has 1 aromatic carbocycles. The predicted molar refractivity (Wildman–Crippen MR) is 82.5 cm³/mol. The van der Waals surface area contributed by atoms with Crippen LogP contribution >= 0.6 is 11.6 Å². The molecule has 0 spiro atoms. The molecular formula is C15H9ClN4O2. The molecule has 22 heavy (non-hydrogen) atoms. The third kappa shape index (κ3) is 2.91. The second-order valence-corrected chi connectivity index (χ2v) is 4.88. The van der Waals surface area contributed by atoms with Crippen LogP contribution in [0.1, 0.15) is 17.0 Å². The Morgan fingerprint density at radius 1 is 1.27 bits per heavy atom. The maximum Gasteiger partial charge on any atom is 0.270 e. The fraction of sp³-hybridized carbons (Fsp3) is 0. The number of allylic oxidation sites excluding steroid dienone is 1. The number of amides is 1. The molecule has 1 aliphatic rings. The highest BCUT2D eigenvalue weighted by Crippen LogP contribution is 2.14. The zero-order valence-corrected chi connectivity index (χ0v) is 11.9. The van der Waals surface area contributed by atoms with Gasteiger partial charge in [-0.2, -0.15) is 15.4 Å². The van der Waals surface area contributed by atoms with Gasteiger partial charge in [-0.1, -0.05) is 23.7 Å². The number of nitrogens with one attached hydrogen (secondary N) is 1. The van der Waals surface area contributed by atoms with Gasteiger partial charge in [0, 0.05) is 11.1 Å². The van der Waals surface area contributed by atoms with Gasteiger partial charge in [0.1, 0.15) is 17.1 Å². The molecule has 0 atom stereocenters. The number of aromatic amines is 1. The van der Waals surface area contributed by atoms with E-state index >= 15 is 0 Å². The number of benzene rings is 1. The molecule has 1 amide bonds. The van der Waals surface area contributed by atoms with Crippen molar-refractivity contribution in [2.24, 2.45) is 4.99 Å². The molecule has 108 valence electrons. The molecule has 7 heteroatoms. The van der Waals surface area contributed by atoms with Crippen LogP contribution < -0.4 is 0 Å². The van der Waals surface area contributed by atoms with Crippen LogP contribution in [0, 0.1) is 0 Å². The number of hydrogen-bond donors (Lipinski definition) is 1. The number of aromatic nitrogens is 3. The third-order valence-electron chi connectivity index (χ3n) is 2.91. The van der Waals surface area contributed by atoms with E-state index in [1.807, 2.05) is 0 Å². The van der Waals surface area contributed by atoms with Gasteiger partial charge in [-0.25, -0.2) is 4.99 Å². The maximum atomic E-state index is 11.9. The Bertz CT molecular complexity index is 849. The van der Waals surface area contributed by atoms with Gasteiger partial charge < -0.3 is 0 Å². The normalized spacial score (nSPS) is 15.5. The molecule has 0 saturated carbocycles. The summed E-state index contributed by atoms with van der Waals surface area (Å²) in [6.07, 6.45) is 5.67. The Morgan fingerprint density at radius 3 is 2.95 bits per heavy atom. The first-order valence-electron chi connectivity index (χ1n) is 6.33. The van der Waals surface area contributed by atoms with E-state index in [-0.39, 0.29) is 17.2 Å². The van der Waals surface area contributed by atoms with Crippen LogP contribution in [-0.2, 0) is 9.59 Å². The van der Waals surface area contributed by atoms with Crippen molar-refractivity contribution >= 4 is 41.2 Å². The Balaban J connectivity index is 1.84. The number of rotatable bonds is 2. The zero-order chi connectivity index (χ0) is 15.5. The smallest absolute Gasteiger partial charge is 0.270 e. The lowest BCUT2D eigenvalue weighted by Gasteiger charge is -2.03. The summed E-state index contributed by atoms with van der Waals surface area (Å²) in [5, 5.41) is 10.7. The van der Waals surface area contributed by atoms with E-state index in [0.29, 0.717) is 10.7 Å². The number of fused-ring (bicyclic) bond motifs is 1. The van der Waals surface area contributed by atoms with E-state index < -0.39 is 5.91 Å². The van der Waals surface area contributed by atoms with Crippen LogP contribution in [0.2, 0.25) is 5.02 Å². The van der Waals surface area contributed by atoms with Gasteiger partial charge in [0.05, 0.1) is 0 Å². The molecule has 2 aromatic rings. The van der Waals surface area contributed by atoms with Crippen LogP contribution in [0.5, 0.6) is 0 Å². The van der Waals surface area contributed by atoms with Crippen molar-refractivity contribution in [3.63, 3.8) is 0 Å². The number of H-pyrrole nitrogens is 1. The van der Waals surface area contributed by atoms with E-state index in [4.69, 9.17) is 11.6 Å². The number of carbonyl (C=O) groups excluding carboxylic acids is 2. The SMILES string of the molecule is O=C(C=Cc1cccc(Cl)c1)N=C1C(=O)C=Cc2n[nH]nc21. The van der Waals surface area contributed by atoms with Gasteiger partial charge in [0.15, 0.2) is 0 Å². The second-order valence-electron chi connectivity index (χ2n) is 4.44. The van der Waals surface area contributed by atoms with E-state index in [1.54, 1.807) is 30.3 Å². The first kappa shape index (κ1) is 14.1. The number of ketones is 1. The van der Waals surface area contributed by atoms with E-state index in [0.717, 1.165) is 5.56 Å². The number of nitrogens with zero attached hydrogens (tertiary/aromatic N) is 3. The number of halogens is 1. The van der Waals surface area contributed by atoms with Crippen LogP contribution in [0.25, 0.3) is 12.2 Å². The molecule has 0 saturated heterocycles. The summed E-state index contributed by atoms with van der Waals surface area (Å²) in [4.78, 5) is 27.5. The van der Waals surface area contributed by atoms with Crippen molar-refractivity contribution in [1.82, 2.24) is 15.4 Å². The number of carbonyl (C=O) groups is 2. The fourth-order valence-corrected chi connectivity index (χ4v) is 2.11. The van der Waals surface area contributed by atoms with Gasteiger partial charge in [0.25, 0.3) is 5.91 Å². The molecule has 1 N–H and O–H groups in total. The predicted octanol–water partition coefficient (Wildman–Crippen LogP) is 2.08. The summed E-state index contributed by atoms with van der Waals surface area (Å²) in [6.45, 7) is 0. The van der Waals surface area contributed by atoms with Gasteiger partial charge >= 0.3 is 0 Å². The van der Waals surface area contributed by atoms with E-state index in [2.05, 4.69) is 20.4 Å². The average molecular weight is 313 g/mol.